The molecular formula is C19H14F3N5. The molecule has 27 heavy (non-hydrogen) atoms. The molecular weight excluding hydrogens is 355 g/mol. The molecule has 2 heterocycles. The van der Waals surface area contributed by atoms with Gasteiger partial charge in [0.25, 0.3) is 0 Å². The number of rotatable bonds is 1. The molecule has 1 aliphatic carbocycles. The second kappa shape index (κ2) is 5.67. The van der Waals surface area contributed by atoms with Gasteiger partial charge in [-0.2, -0.15) is 17.9 Å². The Kier molecular flexibility index (Phi) is 3.37. The van der Waals surface area contributed by atoms with Crippen LogP contribution in [0.25, 0.3) is 5.70 Å². The second-order valence-electron chi connectivity index (χ2n) is 6.65. The van der Waals surface area contributed by atoms with E-state index in [1.54, 1.807) is 4.68 Å². The Morgan fingerprint density at radius 3 is 2.56 bits per heavy atom. The number of nitrogens with one attached hydrogen (secondary N) is 1. The lowest BCUT2D eigenvalue weighted by Gasteiger charge is -2.33. The first kappa shape index (κ1) is 16.0. The summed E-state index contributed by atoms with van der Waals surface area (Å²) in [6.45, 7) is 0. The average molecular weight is 369 g/mol. The molecule has 2 aromatic carbocycles. The number of allylic oxidation sites excluding steroid dienone is 1. The molecule has 0 fully saturated rings. The van der Waals surface area contributed by atoms with E-state index in [0.29, 0.717) is 5.95 Å². The van der Waals surface area contributed by atoms with Crippen molar-refractivity contribution >= 4 is 11.6 Å². The highest BCUT2D eigenvalue weighted by Crippen LogP contribution is 2.43. The van der Waals surface area contributed by atoms with Crippen molar-refractivity contribution in [3.8, 4) is 0 Å². The molecule has 136 valence electrons. The third-order valence-corrected chi connectivity index (χ3v) is 5.13. The molecule has 0 saturated carbocycles. The Hall–Kier alpha value is -3.16. The maximum absolute atomic E-state index is 12.9. The topological polar surface area (TPSA) is 55.6 Å². The quantitative estimate of drug-likeness (QED) is 0.703. The minimum Gasteiger partial charge on any atom is -0.322 e. The zero-order valence-electron chi connectivity index (χ0n) is 14.0. The lowest BCUT2D eigenvalue weighted by atomic mass is 9.83. The molecule has 0 spiro atoms. The van der Waals surface area contributed by atoms with Crippen LogP contribution in [0.15, 0.2) is 54.1 Å². The molecule has 1 unspecified atom stereocenters. The number of aromatic nitrogens is 4. The lowest BCUT2D eigenvalue weighted by Crippen LogP contribution is -2.27. The van der Waals surface area contributed by atoms with Gasteiger partial charge in [-0.25, -0.2) is 0 Å². The van der Waals surface area contributed by atoms with Crippen LogP contribution in [0.4, 0.5) is 19.1 Å². The lowest BCUT2D eigenvalue weighted by molar-refractivity contribution is -0.137. The van der Waals surface area contributed by atoms with Crippen LogP contribution in [0, 0.1) is 0 Å². The van der Waals surface area contributed by atoms with Crippen molar-refractivity contribution < 1.29 is 13.2 Å². The van der Waals surface area contributed by atoms with Gasteiger partial charge in [0, 0.05) is 5.56 Å². The largest absolute Gasteiger partial charge is 0.416 e. The summed E-state index contributed by atoms with van der Waals surface area (Å²) in [5.41, 5.74) is 4.41. The van der Waals surface area contributed by atoms with Crippen molar-refractivity contribution in [3.63, 3.8) is 0 Å². The van der Waals surface area contributed by atoms with E-state index in [2.05, 4.69) is 26.9 Å². The van der Waals surface area contributed by atoms with Gasteiger partial charge in [0.15, 0.2) is 0 Å². The number of tetrazole rings is 1. The molecule has 0 saturated heterocycles. The molecule has 5 rings (SSSR count). The summed E-state index contributed by atoms with van der Waals surface area (Å²) in [6.07, 6.45) is -2.71. The SMILES string of the molecule is FC(F)(F)c1ccc(C2C3=C(Nc4nnnn42)c2ccccc2CC3)cc1. The van der Waals surface area contributed by atoms with Crippen molar-refractivity contribution in [1.29, 1.82) is 0 Å². The number of aryl methyl sites for hydroxylation is 1. The minimum absolute atomic E-state index is 0.332. The van der Waals surface area contributed by atoms with Crippen molar-refractivity contribution in [2.45, 2.75) is 25.1 Å². The number of alkyl halides is 3. The molecule has 8 heteroatoms. The van der Waals surface area contributed by atoms with Crippen LogP contribution in [0.2, 0.25) is 0 Å². The molecule has 0 radical (unpaired) electrons. The van der Waals surface area contributed by atoms with Crippen LogP contribution < -0.4 is 5.32 Å². The smallest absolute Gasteiger partial charge is 0.322 e. The number of halogens is 3. The molecule has 1 N–H and O–H groups in total. The number of anilines is 1. The first-order valence-corrected chi connectivity index (χ1v) is 8.56. The maximum atomic E-state index is 12.9. The van der Waals surface area contributed by atoms with E-state index in [1.807, 2.05) is 18.2 Å². The minimum atomic E-state index is -4.36. The first-order chi connectivity index (χ1) is 13.0. The summed E-state index contributed by atoms with van der Waals surface area (Å²) in [5, 5.41) is 15.1. The van der Waals surface area contributed by atoms with Gasteiger partial charge < -0.3 is 5.32 Å². The number of hydrogen-bond donors (Lipinski definition) is 1. The predicted octanol–water partition coefficient (Wildman–Crippen LogP) is 4.06. The molecule has 0 bridgehead atoms. The van der Waals surface area contributed by atoms with Gasteiger partial charge in [-0.05, 0) is 52.1 Å². The van der Waals surface area contributed by atoms with E-state index in [4.69, 9.17) is 0 Å². The van der Waals surface area contributed by atoms with E-state index in [1.165, 1.54) is 17.7 Å². The van der Waals surface area contributed by atoms with Crippen LogP contribution in [0.5, 0.6) is 0 Å². The van der Waals surface area contributed by atoms with Crippen LogP contribution in [0.3, 0.4) is 0 Å². The first-order valence-electron chi connectivity index (χ1n) is 8.56. The fourth-order valence-electron chi connectivity index (χ4n) is 3.88. The second-order valence-corrected chi connectivity index (χ2v) is 6.65. The van der Waals surface area contributed by atoms with E-state index < -0.39 is 11.7 Å². The number of nitrogens with zero attached hydrogens (tertiary/aromatic N) is 4. The summed E-state index contributed by atoms with van der Waals surface area (Å²) < 4.78 is 40.4. The van der Waals surface area contributed by atoms with E-state index in [0.717, 1.165) is 47.4 Å². The van der Waals surface area contributed by atoms with Crippen LogP contribution in [-0.2, 0) is 12.6 Å². The Morgan fingerprint density at radius 2 is 1.78 bits per heavy atom. The summed E-state index contributed by atoms with van der Waals surface area (Å²) in [6, 6.07) is 13.0. The van der Waals surface area contributed by atoms with Gasteiger partial charge in [-0.15, -0.1) is 0 Å². The van der Waals surface area contributed by atoms with E-state index in [9.17, 15) is 13.2 Å². The molecule has 0 amide bonds. The summed E-state index contributed by atoms with van der Waals surface area (Å²) >= 11 is 0. The number of hydrogen-bond acceptors (Lipinski definition) is 4. The van der Waals surface area contributed by atoms with Gasteiger partial charge in [-0.3, -0.25) is 0 Å². The maximum Gasteiger partial charge on any atom is 0.416 e. The summed E-state index contributed by atoms with van der Waals surface area (Å²) in [5.74, 6) is 0.482. The third-order valence-electron chi connectivity index (χ3n) is 5.13. The number of benzene rings is 2. The van der Waals surface area contributed by atoms with Gasteiger partial charge in [-0.1, -0.05) is 41.5 Å². The zero-order chi connectivity index (χ0) is 18.6. The predicted molar refractivity (Wildman–Crippen MR) is 92.7 cm³/mol. The third kappa shape index (κ3) is 2.51. The molecule has 1 aromatic heterocycles. The molecule has 2 aliphatic rings. The molecule has 1 aliphatic heterocycles. The van der Waals surface area contributed by atoms with Crippen LogP contribution in [-0.4, -0.2) is 20.2 Å². The van der Waals surface area contributed by atoms with E-state index in [-0.39, 0.29) is 6.04 Å². The highest BCUT2D eigenvalue weighted by molar-refractivity contribution is 5.82. The normalized spacial score (nSPS) is 18.4. The average Bonchev–Trinajstić information content (AvgIpc) is 3.13. The highest BCUT2D eigenvalue weighted by atomic mass is 19.4. The molecule has 3 aromatic rings. The standard InChI is InChI=1S/C19H14F3N5/c20-19(21,22)13-8-5-12(6-9-13)17-15-10-7-11-3-1-2-4-14(11)16(15)23-18-24-25-26-27(17)18/h1-6,8-9,17H,7,10H2,(H,23,24,26). The van der Waals surface area contributed by atoms with Gasteiger partial charge in [0.2, 0.25) is 5.95 Å². The molecule has 5 nitrogen and oxygen atoms in total. The Morgan fingerprint density at radius 1 is 1.00 bits per heavy atom. The highest BCUT2D eigenvalue weighted by Gasteiger charge is 2.35. The van der Waals surface area contributed by atoms with Gasteiger partial charge in [0.1, 0.15) is 6.04 Å². The number of fused-ring (bicyclic) bond motifs is 3. The van der Waals surface area contributed by atoms with Crippen LogP contribution >= 0.6 is 0 Å². The Labute approximate surface area is 152 Å². The Balaban J connectivity index is 1.66. The van der Waals surface area contributed by atoms with Gasteiger partial charge in [0.05, 0.1) is 11.3 Å². The van der Waals surface area contributed by atoms with Crippen molar-refractivity contribution in [2.24, 2.45) is 0 Å². The molecule has 1 atom stereocenters. The summed E-state index contributed by atoms with van der Waals surface area (Å²) in [7, 11) is 0. The monoisotopic (exact) mass is 369 g/mol. The van der Waals surface area contributed by atoms with Crippen molar-refractivity contribution in [2.75, 3.05) is 5.32 Å². The van der Waals surface area contributed by atoms with Gasteiger partial charge >= 0.3 is 6.18 Å². The zero-order valence-corrected chi connectivity index (χ0v) is 14.0. The van der Waals surface area contributed by atoms with Crippen LogP contribution in [0.1, 0.15) is 34.7 Å². The Bertz CT molecular complexity index is 1050. The van der Waals surface area contributed by atoms with Crippen molar-refractivity contribution in [1.82, 2.24) is 20.2 Å². The fourth-order valence-corrected chi connectivity index (χ4v) is 3.88. The summed E-state index contributed by atoms with van der Waals surface area (Å²) in [4.78, 5) is 0. The van der Waals surface area contributed by atoms with E-state index >= 15 is 0 Å². The van der Waals surface area contributed by atoms with Crippen molar-refractivity contribution in [3.05, 3.63) is 76.4 Å². The fraction of sp³-hybridized carbons (Fsp3) is 0.211.